The van der Waals surface area contributed by atoms with Crippen LogP contribution in [0.2, 0.25) is 0 Å². The van der Waals surface area contributed by atoms with Gasteiger partial charge >= 0.3 is 0 Å². The number of nitrogens with zero attached hydrogens (tertiary/aromatic N) is 2. The first-order valence-electron chi connectivity index (χ1n) is 6.79. The third-order valence-corrected chi connectivity index (χ3v) is 4.28. The van der Waals surface area contributed by atoms with Gasteiger partial charge in [-0.05, 0) is 19.5 Å². The van der Waals surface area contributed by atoms with Crippen LogP contribution in [0.3, 0.4) is 0 Å². The molecular formula is C16H17N3S. The average molecular weight is 283 g/mol. The Morgan fingerprint density at radius 1 is 1.20 bits per heavy atom. The van der Waals surface area contributed by atoms with Gasteiger partial charge in [-0.25, -0.2) is 4.98 Å². The summed E-state index contributed by atoms with van der Waals surface area (Å²) in [5.41, 5.74) is 2.28. The molecule has 0 spiro atoms. The molecule has 0 radical (unpaired) electrons. The van der Waals surface area contributed by atoms with E-state index in [1.807, 2.05) is 25.4 Å². The molecule has 1 unspecified atom stereocenters. The maximum Gasteiger partial charge on any atom is 0.0897 e. The van der Waals surface area contributed by atoms with E-state index in [4.69, 9.17) is 0 Å². The Hall–Kier alpha value is -1.78. The van der Waals surface area contributed by atoms with E-state index in [-0.39, 0.29) is 6.04 Å². The van der Waals surface area contributed by atoms with Gasteiger partial charge in [-0.2, -0.15) is 0 Å². The van der Waals surface area contributed by atoms with Crippen molar-refractivity contribution in [2.45, 2.75) is 19.9 Å². The molecule has 1 atom stereocenters. The molecule has 0 aliphatic heterocycles. The highest BCUT2D eigenvalue weighted by atomic mass is 32.1. The highest BCUT2D eigenvalue weighted by molar-refractivity contribution is 7.11. The van der Waals surface area contributed by atoms with Gasteiger partial charge in [-0.1, -0.05) is 31.2 Å². The summed E-state index contributed by atoms with van der Waals surface area (Å²) < 4.78 is 0. The van der Waals surface area contributed by atoms with E-state index in [2.05, 4.69) is 46.5 Å². The van der Waals surface area contributed by atoms with Crippen LogP contribution in [0.4, 0.5) is 0 Å². The Kier molecular flexibility index (Phi) is 3.76. The van der Waals surface area contributed by atoms with Crippen molar-refractivity contribution in [1.82, 2.24) is 15.3 Å². The van der Waals surface area contributed by atoms with Gasteiger partial charge < -0.3 is 5.32 Å². The quantitative estimate of drug-likeness (QED) is 0.793. The van der Waals surface area contributed by atoms with Gasteiger partial charge in [0.2, 0.25) is 0 Å². The highest BCUT2D eigenvalue weighted by Crippen LogP contribution is 2.30. The normalized spacial score (nSPS) is 12.7. The van der Waals surface area contributed by atoms with Crippen molar-refractivity contribution >= 4 is 22.2 Å². The predicted octanol–water partition coefficient (Wildman–Crippen LogP) is 3.70. The fraction of sp³-hybridized carbons (Fsp3) is 0.250. The molecule has 0 bridgehead atoms. The van der Waals surface area contributed by atoms with Crippen molar-refractivity contribution in [1.29, 1.82) is 0 Å². The fourth-order valence-corrected chi connectivity index (χ4v) is 3.32. The molecule has 0 aliphatic rings. The molecule has 0 fully saturated rings. The predicted molar refractivity (Wildman–Crippen MR) is 84.1 cm³/mol. The molecule has 0 aliphatic carbocycles. The number of aromatic nitrogens is 2. The molecule has 3 rings (SSSR count). The van der Waals surface area contributed by atoms with Crippen molar-refractivity contribution in [3.63, 3.8) is 0 Å². The van der Waals surface area contributed by atoms with E-state index >= 15 is 0 Å². The van der Waals surface area contributed by atoms with Crippen molar-refractivity contribution in [3.05, 3.63) is 58.2 Å². The Labute approximate surface area is 122 Å². The van der Waals surface area contributed by atoms with Crippen molar-refractivity contribution < 1.29 is 0 Å². The minimum Gasteiger partial charge on any atom is -0.306 e. The van der Waals surface area contributed by atoms with E-state index in [0.29, 0.717) is 0 Å². The van der Waals surface area contributed by atoms with Crippen LogP contribution in [-0.4, -0.2) is 16.5 Å². The maximum absolute atomic E-state index is 4.56. The summed E-state index contributed by atoms with van der Waals surface area (Å²) in [5.74, 6) is 0. The Balaban J connectivity index is 2.14. The summed E-state index contributed by atoms with van der Waals surface area (Å²) in [6.07, 6.45) is 3.82. The molecule has 3 aromatic rings. The summed E-state index contributed by atoms with van der Waals surface area (Å²) in [4.78, 5) is 10.2. The SMILES string of the molecule is CCNC(c1cnc(C)s1)c1cccc2cccnc12. The van der Waals surface area contributed by atoms with Gasteiger partial charge in [0.1, 0.15) is 0 Å². The lowest BCUT2D eigenvalue weighted by Gasteiger charge is -2.18. The highest BCUT2D eigenvalue weighted by Gasteiger charge is 2.18. The average Bonchev–Trinajstić information content (AvgIpc) is 2.91. The number of hydrogen-bond donors (Lipinski definition) is 1. The van der Waals surface area contributed by atoms with E-state index in [0.717, 1.165) is 17.1 Å². The molecule has 2 aromatic heterocycles. The van der Waals surface area contributed by atoms with Gasteiger partial charge in [-0.15, -0.1) is 11.3 Å². The number of rotatable bonds is 4. The number of hydrogen-bond acceptors (Lipinski definition) is 4. The van der Waals surface area contributed by atoms with Gasteiger partial charge in [0, 0.05) is 28.2 Å². The van der Waals surface area contributed by atoms with Crippen LogP contribution < -0.4 is 5.32 Å². The van der Waals surface area contributed by atoms with Crippen LogP contribution in [0.25, 0.3) is 10.9 Å². The van der Waals surface area contributed by atoms with Gasteiger partial charge in [0.05, 0.1) is 16.6 Å². The van der Waals surface area contributed by atoms with Crippen LogP contribution in [-0.2, 0) is 0 Å². The smallest absolute Gasteiger partial charge is 0.0897 e. The molecule has 0 amide bonds. The molecule has 4 heteroatoms. The lowest BCUT2D eigenvalue weighted by Crippen LogP contribution is -2.21. The Bertz CT molecular complexity index is 715. The minimum atomic E-state index is 0.157. The minimum absolute atomic E-state index is 0.157. The van der Waals surface area contributed by atoms with Gasteiger partial charge in [0.15, 0.2) is 0 Å². The molecule has 2 heterocycles. The van der Waals surface area contributed by atoms with Crippen molar-refractivity contribution in [2.75, 3.05) is 6.54 Å². The zero-order chi connectivity index (χ0) is 13.9. The van der Waals surface area contributed by atoms with Crippen molar-refractivity contribution in [2.24, 2.45) is 0 Å². The largest absolute Gasteiger partial charge is 0.306 e. The molecule has 0 saturated heterocycles. The van der Waals surface area contributed by atoms with Gasteiger partial charge in [-0.3, -0.25) is 4.98 Å². The van der Waals surface area contributed by atoms with E-state index in [9.17, 15) is 0 Å². The number of pyridine rings is 1. The zero-order valence-corrected chi connectivity index (χ0v) is 12.4. The zero-order valence-electron chi connectivity index (χ0n) is 11.6. The van der Waals surface area contributed by atoms with Crippen LogP contribution in [0.1, 0.15) is 28.4 Å². The summed E-state index contributed by atoms with van der Waals surface area (Å²) in [6.45, 7) is 5.07. The summed E-state index contributed by atoms with van der Waals surface area (Å²) in [6, 6.07) is 10.6. The number of nitrogens with one attached hydrogen (secondary N) is 1. The second-order valence-corrected chi connectivity index (χ2v) is 5.96. The second kappa shape index (κ2) is 5.69. The summed E-state index contributed by atoms with van der Waals surface area (Å²) in [7, 11) is 0. The summed E-state index contributed by atoms with van der Waals surface area (Å²) >= 11 is 1.74. The first kappa shape index (κ1) is 13.2. The van der Waals surface area contributed by atoms with Crippen LogP contribution in [0, 0.1) is 6.92 Å². The van der Waals surface area contributed by atoms with E-state index in [1.54, 1.807) is 11.3 Å². The number of para-hydroxylation sites is 1. The standard InChI is InChI=1S/C16H17N3S/c1-3-17-16(14-10-19-11(2)20-14)13-8-4-6-12-7-5-9-18-15(12)13/h4-10,16-17H,3H2,1-2H3. The lowest BCUT2D eigenvalue weighted by molar-refractivity contribution is 0.641. The summed E-state index contributed by atoms with van der Waals surface area (Å²) in [5, 5.41) is 5.82. The molecule has 1 N–H and O–H groups in total. The number of benzene rings is 1. The third-order valence-electron chi connectivity index (χ3n) is 3.31. The fourth-order valence-electron chi connectivity index (χ4n) is 2.44. The molecule has 102 valence electrons. The number of thiazole rings is 1. The Morgan fingerprint density at radius 3 is 2.80 bits per heavy atom. The van der Waals surface area contributed by atoms with E-state index in [1.165, 1.54) is 15.8 Å². The first-order valence-corrected chi connectivity index (χ1v) is 7.60. The molecular weight excluding hydrogens is 266 g/mol. The molecule has 3 nitrogen and oxygen atoms in total. The topological polar surface area (TPSA) is 37.8 Å². The third kappa shape index (κ3) is 2.44. The van der Waals surface area contributed by atoms with E-state index < -0.39 is 0 Å². The van der Waals surface area contributed by atoms with Crippen LogP contribution >= 0.6 is 11.3 Å². The molecule has 1 aromatic carbocycles. The maximum atomic E-state index is 4.56. The number of fused-ring (bicyclic) bond motifs is 1. The first-order chi connectivity index (χ1) is 9.79. The lowest BCUT2D eigenvalue weighted by atomic mass is 10.0. The monoisotopic (exact) mass is 283 g/mol. The van der Waals surface area contributed by atoms with Crippen LogP contribution in [0.5, 0.6) is 0 Å². The molecule has 0 saturated carbocycles. The molecule has 20 heavy (non-hydrogen) atoms. The van der Waals surface area contributed by atoms with Gasteiger partial charge in [0.25, 0.3) is 0 Å². The second-order valence-electron chi connectivity index (χ2n) is 4.69. The van der Waals surface area contributed by atoms with Crippen LogP contribution in [0.15, 0.2) is 42.7 Å². The Morgan fingerprint density at radius 2 is 2.05 bits per heavy atom. The van der Waals surface area contributed by atoms with Crippen molar-refractivity contribution in [3.8, 4) is 0 Å². The number of aryl methyl sites for hydroxylation is 1.